The second-order valence-electron chi connectivity index (χ2n) is 8.17. The van der Waals surface area contributed by atoms with Crippen LogP contribution in [0.15, 0.2) is 42.5 Å². The van der Waals surface area contributed by atoms with E-state index >= 15 is 0 Å². The summed E-state index contributed by atoms with van der Waals surface area (Å²) in [6, 6.07) is 13.6. The summed E-state index contributed by atoms with van der Waals surface area (Å²) in [6.45, 7) is 2.86. The van der Waals surface area contributed by atoms with E-state index in [1.54, 1.807) is 30.3 Å². The quantitative estimate of drug-likeness (QED) is 0.504. The molecule has 1 fully saturated rings. The Kier molecular flexibility index (Phi) is 5.78. The molecule has 6 nitrogen and oxygen atoms in total. The van der Waals surface area contributed by atoms with Crippen molar-refractivity contribution in [3.8, 4) is 23.1 Å². The fraction of sp³-hybridized carbons (Fsp3) is 0.348. The Hall–Kier alpha value is -3.19. The molecule has 0 spiro atoms. The third kappa shape index (κ3) is 4.37. The van der Waals surface area contributed by atoms with Crippen LogP contribution in [0, 0.1) is 11.3 Å². The lowest BCUT2D eigenvalue weighted by Crippen LogP contribution is -2.24. The van der Waals surface area contributed by atoms with Crippen LogP contribution in [0.5, 0.6) is 5.75 Å². The Morgan fingerprint density at radius 2 is 1.85 bits per heavy atom. The molecule has 0 radical (unpaired) electrons. The maximum absolute atomic E-state index is 12.6. The zero-order valence-electron chi connectivity index (χ0n) is 18.1. The highest BCUT2D eigenvalue weighted by atomic mass is 32.2. The van der Waals surface area contributed by atoms with Crippen LogP contribution in [0.1, 0.15) is 31.9 Å². The van der Waals surface area contributed by atoms with Crippen molar-refractivity contribution in [2.45, 2.75) is 32.5 Å². The van der Waals surface area contributed by atoms with Gasteiger partial charge in [0.1, 0.15) is 11.8 Å². The molecule has 174 valence electrons. The van der Waals surface area contributed by atoms with Gasteiger partial charge in [0.2, 0.25) is 10.0 Å². The second kappa shape index (κ2) is 8.30. The minimum absolute atomic E-state index is 0.0600. The van der Waals surface area contributed by atoms with Crippen LogP contribution in [0.4, 0.5) is 18.9 Å². The predicted octanol–water partition coefficient (Wildman–Crippen LogP) is 5.24. The van der Waals surface area contributed by atoms with E-state index in [2.05, 4.69) is 6.07 Å². The Balaban J connectivity index is 1.81. The number of halogens is 3. The van der Waals surface area contributed by atoms with Gasteiger partial charge in [0.15, 0.2) is 6.61 Å². The first-order chi connectivity index (χ1) is 15.5. The molecule has 0 bridgehead atoms. The van der Waals surface area contributed by atoms with Gasteiger partial charge in [-0.25, -0.2) is 8.42 Å². The van der Waals surface area contributed by atoms with Crippen LogP contribution >= 0.6 is 0 Å². The van der Waals surface area contributed by atoms with E-state index in [1.807, 2.05) is 18.4 Å². The molecule has 1 aliphatic rings. The van der Waals surface area contributed by atoms with E-state index in [4.69, 9.17) is 4.74 Å². The van der Waals surface area contributed by atoms with Crippen LogP contribution in [-0.2, 0) is 10.0 Å². The lowest BCUT2D eigenvalue weighted by molar-refractivity contribution is -0.153. The van der Waals surface area contributed by atoms with Crippen molar-refractivity contribution in [1.29, 1.82) is 5.26 Å². The molecule has 2 aromatic carbocycles. The van der Waals surface area contributed by atoms with Gasteiger partial charge in [-0.05, 0) is 50.1 Å². The first-order valence-electron chi connectivity index (χ1n) is 10.4. The number of nitriles is 1. The van der Waals surface area contributed by atoms with Crippen LogP contribution in [0.3, 0.4) is 0 Å². The van der Waals surface area contributed by atoms with Crippen molar-refractivity contribution in [2.24, 2.45) is 0 Å². The number of hydrogen-bond acceptors (Lipinski definition) is 4. The van der Waals surface area contributed by atoms with Gasteiger partial charge in [-0.2, -0.15) is 18.4 Å². The predicted molar refractivity (Wildman–Crippen MR) is 120 cm³/mol. The fourth-order valence-corrected chi connectivity index (χ4v) is 5.76. The van der Waals surface area contributed by atoms with E-state index in [0.717, 1.165) is 0 Å². The van der Waals surface area contributed by atoms with E-state index in [9.17, 15) is 26.9 Å². The molecule has 0 saturated carbocycles. The van der Waals surface area contributed by atoms with Gasteiger partial charge in [-0.1, -0.05) is 12.1 Å². The number of benzene rings is 2. The summed E-state index contributed by atoms with van der Waals surface area (Å²) < 4.78 is 70.4. The lowest BCUT2D eigenvalue weighted by atomic mass is 10.1. The summed E-state index contributed by atoms with van der Waals surface area (Å²) in [5.41, 5.74) is 2.86. The van der Waals surface area contributed by atoms with E-state index in [1.165, 1.54) is 16.4 Å². The van der Waals surface area contributed by atoms with Crippen molar-refractivity contribution >= 4 is 26.6 Å². The number of rotatable bonds is 5. The van der Waals surface area contributed by atoms with Gasteiger partial charge < -0.3 is 9.30 Å². The third-order valence-corrected chi connectivity index (χ3v) is 7.40. The van der Waals surface area contributed by atoms with Crippen molar-refractivity contribution in [2.75, 3.05) is 23.2 Å². The molecule has 0 unspecified atom stereocenters. The van der Waals surface area contributed by atoms with Gasteiger partial charge in [0, 0.05) is 24.0 Å². The highest BCUT2D eigenvalue weighted by Gasteiger charge is 2.30. The van der Waals surface area contributed by atoms with Gasteiger partial charge in [0.25, 0.3) is 0 Å². The number of aromatic nitrogens is 1. The summed E-state index contributed by atoms with van der Waals surface area (Å²) in [5.74, 6) is 0.179. The minimum Gasteiger partial charge on any atom is -0.484 e. The van der Waals surface area contributed by atoms with E-state index in [-0.39, 0.29) is 17.5 Å². The lowest BCUT2D eigenvalue weighted by Gasteiger charge is -2.19. The van der Waals surface area contributed by atoms with Crippen molar-refractivity contribution < 1.29 is 26.3 Å². The number of anilines is 1. The normalized spacial score (nSPS) is 15.8. The maximum Gasteiger partial charge on any atom is 0.422 e. The van der Waals surface area contributed by atoms with Crippen molar-refractivity contribution in [3.63, 3.8) is 0 Å². The number of ether oxygens (including phenoxy) is 1. The van der Waals surface area contributed by atoms with Crippen molar-refractivity contribution in [3.05, 3.63) is 48.0 Å². The smallest absolute Gasteiger partial charge is 0.422 e. The molecule has 1 aliphatic heterocycles. The minimum atomic E-state index is -4.46. The molecule has 4 rings (SSSR count). The molecular formula is C23H22F3N3O3S. The number of hydrogen-bond donors (Lipinski definition) is 0. The molecule has 1 aromatic heterocycles. The topological polar surface area (TPSA) is 75.3 Å². The largest absolute Gasteiger partial charge is 0.484 e. The molecule has 0 amide bonds. The highest BCUT2D eigenvalue weighted by Crippen LogP contribution is 2.38. The molecular weight excluding hydrogens is 455 g/mol. The average molecular weight is 478 g/mol. The SMILES string of the molecule is CC(C)n1c(-c2ccc(N3CCCS3(=O)=O)cc2)c(C#N)c2ccc(OCC(F)(F)F)cc21. The van der Waals surface area contributed by atoms with Crippen LogP contribution in [0.2, 0.25) is 0 Å². The Morgan fingerprint density at radius 1 is 1.15 bits per heavy atom. The van der Waals surface area contributed by atoms with Crippen molar-refractivity contribution in [1.82, 2.24) is 4.57 Å². The zero-order chi connectivity index (χ0) is 24.0. The zero-order valence-corrected chi connectivity index (χ0v) is 18.9. The Bertz CT molecular complexity index is 1340. The van der Waals surface area contributed by atoms with Gasteiger partial charge >= 0.3 is 6.18 Å². The molecule has 3 aromatic rings. The van der Waals surface area contributed by atoms with E-state index < -0.39 is 22.8 Å². The molecule has 1 saturated heterocycles. The molecule has 0 aliphatic carbocycles. The summed E-state index contributed by atoms with van der Waals surface area (Å²) in [7, 11) is -3.31. The molecule has 33 heavy (non-hydrogen) atoms. The summed E-state index contributed by atoms with van der Waals surface area (Å²) >= 11 is 0. The first-order valence-corrected chi connectivity index (χ1v) is 12.0. The number of alkyl halides is 3. The first kappa shape index (κ1) is 23.0. The number of fused-ring (bicyclic) bond motifs is 1. The standard InChI is InChI=1S/C23H22F3N3O3S/c1-15(2)29-21-12-18(32-14-23(24,25)26)8-9-19(21)20(13-27)22(29)16-4-6-17(7-5-16)28-10-3-11-33(28,30)31/h4-9,12,15H,3,10-11,14H2,1-2H3. The van der Waals surface area contributed by atoms with Gasteiger partial charge in [0.05, 0.1) is 28.2 Å². The van der Waals surface area contributed by atoms with Gasteiger partial charge in [-0.15, -0.1) is 0 Å². The number of nitrogens with zero attached hydrogens (tertiary/aromatic N) is 3. The van der Waals surface area contributed by atoms with E-state index in [0.29, 0.717) is 46.4 Å². The van der Waals surface area contributed by atoms with Crippen LogP contribution in [-0.4, -0.2) is 38.1 Å². The monoisotopic (exact) mass is 477 g/mol. The molecule has 2 heterocycles. The summed E-state index contributed by atoms with van der Waals surface area (Å²) in [6.07, 6.45) is -3.88. The fourth-order valence-electron chi connectivity index (χ4n) is 4.19. The molecule has 0 N–H and O–H groups in total. The number of sulfonamides is 1. The van der Waals surface area contributed by atoms with Crippen LogP contribution < -0.4 is 9.04 Å². The highest BCUT2D eigenvalue weighted by molar-refractivity contribution is 7.93. The molecule has 0 atom stereocenters. The average Bonchev–Trinajstić information content (AvgIpc) is 3.27. The maximum atomic E-state index is 12.6. The Labute approximate surface area is 189 Å². The summed E-state index contributed by atoms with van der Waals surface area (Å²) in [5, 5.41) is 10.5. The second-order valence-corrected chi connectivity index (χ2v) is 10.2. The van der Waals surface area contributed by atoms with Crippen LogP contribution in [0.25, 0.3) is 22.2 Å². The third-order valence-electron chi connectivity index (χ3n) is 5.53. The van der Waals surface area contributed by atoms with Gasteiger partial charge in [-0.3, -0.25) is 4.31 Å². The Morgan fingerprint density at radius 3 is 2.39 bits per heavy atom. The molecule has 10 heteroatoms. The summed E-state index contributed by atoms with van der Waals surface area (Å²) in [4.78, 5) is 0.